The van der Waals surface area contributed by atoms with Gasteiger partial charge in [0.25, 0.3) is 5.91 Å². The smallest absolute Gasteiger partial charge is 0.331 e. The predicted octanol–water partition coefficient (Wildman–Crippen LogP) is 4.13. The lowest BCUT2D eigenvalue weighted by molar-refractivity contribution is -0.152. The van der Waals surface area contributed by atoms with Crippen molar-refractivity contribution in [3.8, 4) is 0 Å². The highest BCUT2D eigenvalue weighted by Gasteiger charge is 2.42. The molecule has 1 amide bonds. The molecule has 126 valence electrons. The topological polar surface area (TPSA) is 55.4 Å². The van der Waals surface area contributed by atoms with Crippen LogP contribution in [0.1, 0.15) is 49.4 Å². The van der Waals surface area contributed by atoms with E-state index in [0.29, 0.717) is 12.8 Å². The minimum atomic E-state index is -1.08. The van der Waals surface area contributed by atoms with Crippen molar-refractivity contribution in [1.29, 1.82) is 0 Å². The number of hydrogen-bond acceptors (Lipinski definition) is 3. The maximum Gasteiger partial charge on any atom is 0.331 e. The second-order valence-electron chi connectivity index (χ2n) is 5.56. The van der Waals surface area contributed by atoms with Crippen LogP contribution in [0.25, 0.3) is 0 Å². The number of amides is 1. The summed E-state index contributed by atoms with van der Waals surface area (Å²) >= 11 is 11.6. The van der Waals surface area contributed by atoms with Crippen molar-refractivity contribution in [2.45, 2.75) is 44.6 Å². The molecule has 1 aromatic rings. The molecule has 7 heteroatoms. The standard InChI is InChI=1S/C16H18Cl2FNO3/c1-2-23-15(22)16(6-4-3-5-7-16)20-14(21)10-8-13(19)12(18)9-11(10)17/h8-9H,2-7H2,1H3,(H,20,21). The number of rotatable bonds is 4. The number of nitrogens with one attached hydrogen (secondary N) is 1. The second kappa shape index (κ2) is 7.49. The Bertz CT molecular complexity index is 616. The van der Waals surface area contributed by atoms with Gasteiger partial charge >= 0.3 is 5.97 Å². The molecule has 1 aromatic carbocycles. The van der Waals surface area contributed by atoms with Crippen LogP contribution in [0.2, 0.25) is 10.0 Å². The fraction of sp³-hybridized carbons (Fsp3) is 0.500. The van der Waals surface area contributed by atoms with E-state index in [9.17, 15) is 14.0 Å². The Morgan fingerprint density at radius 2 is 1.87 bits per heavy atom. The van der Waals surface area contributed by atoms with Gasteiger partial charge in [-0.15, -0.1) is 0 Å². The third-order valence-corrected chi connectivity index (χ3v) is 4.58. The Morgan fingerprint density at radius 1 is 1.22 bits per heavy atom. The fourth-order valence-corrected chi connectivity index (χ4v) is 3.25. The van der Waals surface area contributed by atoms with Gasteiger partial charge in [-0.25, -0.2) is 9.18 Å². The van der Waals surface area contributed by atoms with Gasteiger partial charge in [0.15, 0.2) is 0 Å². The van der Waals surface area contributed by atoms with E-state index in [1.807, 2.05) is 0 Å². The quantitative estimate of drug-likeness (QED) is 0.647. The Balaban J connectivity index is 2.27. The Labute approximate surface area is 144 Å². The average Bonchev–Trinajstić information content (AvgIpc) is 2.52. The number of esters is 1. The van der Waals surface area contributed by atoms with Crippen LogP contribution in [0, 0.1) is 5.82 Å². The molecule has 1 N–H and O–H groups in total. The van der Waals surface area contributed by atoms with Crippen molar-refractivity contribution in [3.63, 3.8) is 0 Å². The maximum absolute atomic E-state index is 13.6. The first-order valence-electron chi connectivity index (χ1n) is 7.54. The van der Waals surface area contributed by atoms with Crippen LogP contribution in [-0.4, -0.2) is 24.0 Å². The average molecular weight is 362 g/mol. The number of carbonyl (C=O) groups excluding carboxylic acids is 2. The van der Waals surface area contributed by atoms with Crippen molar-refractivity contribution in [2.75, 3.05) is 6.61 Å². The van der Waals surface area contributed by atoms with Crippen LogP contribution in [-0.2, 0) is 9.53 Å². The van der Waals surface area contributed by atoms with Crippen molar-refractivity contribution in [3.05, 3.63) is 33.6 Å². The zero-order valence-electron chi connectivity index (χ0n) is 12.8. The molecule has 1 fully saturated rings. The SMILES string of the molecule is CCOC(=O)C1(NC(=O)c2cc(F)c(Cl)cc2Cl)CCCCC1. The third-order valence-electron chi connectivity index (χ3n) is 3.98. The number of hydrogen-bond donors (Lipinski definition) is 1. The van der Waals surface area contributed by atoms with E-state index in [0.717, 1.165) is 25.3 Å². The van der Waals surface area contributed by atoms with E-state index in [-0.39, 0.29) is 22.2 Å². The number of ether oxygens (including phenoxy) is 1. The summed E-state index contributed by atoms with van der Waals surface area (Å²) < 4.78 is 18.7. The van der Waals surface area contributed by atoms with Gasteiger partial charge in [0.2, 0.25) is 0 Å². The zero-order valence-corrected chi connectivity index (χ0v) is 14.3. The predicted molar refractivity (Wildman–Crippen MR) is 86.3 cm³/mol. The number of carbonyl (C=O) groups is 2. The molecule has 0 atom stereocenters. The third kappa shape index (κ3) is 3.96. The lowest BCUT2D eigenvalue weighted by Crippen LogP contribution is -2.56. The van der Waals surface area contributed by atoms with Gasteiger partial charge in [-0.05, 0) is 31.9 Å². The maximum atomic E-state index is 13.6. The highest BCUT2D eigenvalue weighted by molar-refractivity contribution is 6.36. The van der Waals surface area contributed by atoms with Crippen LogP contribution in [0.3, 0.4) is 0 Å². The van der Waals surface area contributed by atoms with Crippen LogP contribution >= 0.6 is 23.2 Å². The zero-order chi connectivity index (χ0) is 17.0. The summed E-state index contributed by atoms with van der Waals surface area (Å²) in [6, 6.07) is 2.15. The molecule has 2 rings (SSSR count). The summed E-state index contributed by atoms with van der Waals surface area (Å²) in [7, 11) is 0. The Kier molecular flexibility index (Phi) is 5.87. The van der Waals surface area contributed by atoms with Gasteiger partial charge < -0.3 is 10.1 Å². The van der Waals surface area contributed by atoms with E-state index in [4.69, 9.17) is 27.9 Å². The molecular formula is C16H18Cl2FNO3. The Morgan fingerprint density at radius 3 is 2.48 bits per heavy atom. The van der Waals surface area contributed by atoms with Crippen molar-refractivity contribution in [1.82, 2.24) is 5.32 Å². The van der Waals surface area contributed by atoms with Gasteiger partial charge in [0.1, 0.15) is 11.4 Å². The molecule has 4 nitrogen and oxygen atoms in total. The van der Waals surface area contributed by atoms with E-state index >= 15 is 0 Å². The molecule has 0 heterocycles. The lowest BCUT2D eigenvalue weighted by Gasteiger charge is -2.35. The van der Waals surface area contributed by atoms with E-state index in [1.165, 1.54) is 6.07 Å². The van der Waals surface area contributed by atoms with Crippen molar-refractivity contribution >= 4 is 35.1 Å². The normalized spacial score (nSPS) is 16.7. The minimum absolute atomic E-state index is 0.0312. The number of halogens is 3. The highest BCUT2D eigenvalue weighted by atomic mass is 35.5. The summed E-state index contributed by atoms with van der Waals surface area (Å²) in [6.45, 7) is 1.94. The van der Waals surface area contributed by atoms with Crippen molar-refractivity contribution in [2.24, 2.45) is 0 Å². The van der Waals surface area contributed by atoms with Gasteiger partial charge in [-0.3, -0.25) is 4.79 Å². The number of benzene rings is 1. The van der Waals surface area contributed by atoms with Gasteiger partial charge in [-0.2, -0.15) is 0 Å². The minimum Gasteiger partial charge on any atom is -0.464 e. The molecule has 0 saturated heterocycles. The summed E-state index contributed by atoms with van der Waals surface area (Å²) in [6.07, 6.45) is 3.59. The van der Waals surface area contributed by atoms with E-state index in [1.54, 1.807) is 6.92 Å². The molecule has 0 aromatic heterocycles. The van der Waals surface area contributed by atoms with Crippen LogP contribution < -0.4 is 5.32 Å². The first-order chi connectivity index (χ1) is 10.9. The molecule has 23 heavy (non-hydrogen) atoms. The molecule has 0 spiro atoms. The van der Waals surface area contributed by atoms with Gasteiger partial charge in [0, 0.05) is 0 Å². The molecule has 0 unspecified atom stereocenters. The first kappa shape index (κ1) is 18.0. The summed E-state index contributed by atoms with van der Waals surface area (Å²) in [4.78, 5) is 24.8. The first-order valence-corrected chi connectivity index (χ1v) is 8.29. The van der Waals surface area contributed by atoms with E-state index < -0.39 is 23.2 Å². The largest absolute Gasteiger partial charge is 0.464 e. The van der Waals surface area contributed by atoms with Crippen LogP contribution in [0.4, 0.5) is 4.39 Å². The molecule has 1 aliphatic rings. The molecule has 1 aliphatic carbocycles. The monoisotopic (exact) mass is 361 g/mol. The highest BCUT2D eigenvalue weighted by Crippen LogP contribution is 2.31. The molecule has 0 radical (unpaired) electrons. The Hall–Kier alpha value is -1.33. The van der Waals surface area contributed by atoms with Gasteiger partial charge in [-0.1, -0.05) is 42.5 Å². The molecule has 0 aliphatic heterocycles. The summed E-state index contributed by atoms with van der Waals surface area (Å²) in [5.41, 5.74) is -1.13. The molecular weight excluding hydrogens is 344 g/mol. The van der Waals surface area contributed by atoms with Crippen molar-refractivity contribution < 1.29 is 18.7 Å². The second-order valence-corrected chi connectivity index (χ2v) is 6.38. The van der Waals surface area contributed by atoms with E-state index in [2.05, 4.69) is 5.32 Å². The fourth-order valence-electron chi connectivity index (χ4n) is 2.79. The summed E-state index contributed by atoms with van der Waals surface area (Å²) in [5, 5.41) is 2.58. The van der Waals surface area contributed by atoms with Crippen LogP contribution in [0.15, 0.2) is 12.1 Å². The lowest BCUT2D eigenvalue weighted by atomic mass is 9.81. The molecule has 0 bridgehead atoms. The van der Waals surface area contributed by atoms with Gasteiger partial charge in [0.05, 0.1) is 22.2 Å². The van der Waals surface area contributed by atoms with Crippen LogP contribution in [0.5, 0.6) is 0 Å². The molecule has 1 saturated carbocycles. The summed E-state index contributed by atoms with van der Waals surface area (Å²) in [5.74, 6) is -1.81.